The van der Waals surface area contributed by atoms with Gasteiger partial charge in [-0.1, -0.05) is 89.7 Å². The van der Waals surface area contributed by atoms with Crippen molar-refractivity contribution in [2.45, 2.75) is 161 Å². The number of carboxylic acid groups (broad SMARTS) is 1. The van der Waals surface area contributed by atoms with Crippen LogP contribution in [0.1, 0.15) is 155 Å². The largest absolute Gasteiger partial charge is 0.481 e. The van der Waals surface area contributed by atoms with Crippen LogP contribution in [-0.4, -0.2) is 48.7 Å². The number of ether oxygens (including phenoxy) is 1. The molecule has 0 rings (SSSR count). The van der Waals surface area contributed by atoms with Crippen LogP contribution in [0.25, 0.3) is 0 Å². The van der Waals surface area contributed by atoms with Gasteiger partial charge in [-0.05, 0) is 84.8 Å². The van der Waals surface area contributed by atoms with E-state index >= 15 is 0 Å². The molecule has 0 saturated carbocycles. The molecule has 0 radical (unpaired) electrons. The second-order valence-corrected chi connectivity index (χ2v) is 11.1. The molecule has 37 heavy (non-hydrogen) atoms. The SMILES string of the molecule is CCCCCCCCCC(CCCCCCCC/C=C\CCCCCC(=O)O)OC(=O)CCCN(C)C. The van der Waals surface area contributed by atoms with E-state index in [9.17, 15) is 9.59 Å². The van der Waals surface area contributed by atoms with Crippen LogP contribution in [0.15, 0.2) is 12.2 Å². The third-order valence-corrected chi connectivity index (χ3v) is 6.99. The standard InChI is InChI=1S/C32H61NO4/c1-4-5-6-7-15-18-21-25-30(37-32(36)28-24-29-33(2)3)26-22-19-16-13-11-9-8-10-12-14-17-20-23-27-31(34)35/h10,12,30H,4-9,11,13-29H2,1-3H3,(H,34,35)/b12-10-. The molecule has 1 unspecified atom stereocenters. The number of esters is 1. The van der Waals surface area contributed by atoms with Crippen molar-refractivity contribution in [3.63, 3.8) is 0 Å². The highest BCUT2D eigenvalue weighted by Crippen LogP contribution is 2.18. The van der Waals surface area contributed by atoms with Gasteiger partial charge in [-0.2, -0.15) is 0 Å². The second-order valence-electron chi connectivity index (χ2n) is 11.1. The molecule has 1 N–H and O–H groups in total. The van der Waals surface area contributed by atoms with Gasteiger partial charge in [-0.15, -0.1) is 0 Å². The van der Waals surface area contributed by atoms with Crippen molar-refractivity contribution >= 4 is 11.9 Å². The highest BCUT2D eigenvalue weighted by Gasteiger charge is 2.14. The summed E-state index contributed by atoms with van der Waals surface area (Å²) in [6, 6.07) is 0. The van der Waals surface area contributed by atoms with Gasteiger partial charge in [0.1, 0.15) is 6.10 Å². The molecule has 0 saturated heterocycles. The number of rotatable bonds is 28. The van der Waals surface area contributed by atoms with Gasteiger partial charge in [-0.3, -0.25) is 9.59 Å². The first kappa shape index (κ1) is 35.6. The Morgan fingerprint density at radius 2 is 1.16 bits per heavy atom. The van der Waals surface area contributed by atoms with Crippen LogP contribution in [0.2, 0.25) is 0 Å². The number of allylic oxidation sites excluding steroid dienone is 2. The van der Waals surface area contributed by atoms with Gasteiger partial charge in [-0.25, -0.2) is 0 Å². The van der Waals surface area contributed by atoms with Gasteiger partial charge >= 0.3 is 11.9 Å². The molecule has 0 aliphatic heterocycles. The van der Waals surface area contributed by atoms with E-state index in [1.165, 1.54) is 77.0 Å². The Kier molecular flexibility index (Phi) is 26.7. The van der Waals surface area contributed by atoms with Crippen molar-refractivity contribution in [1.29, 1.82) is 0 Å². The van der Waals surface area contributed by atoms with Gasteiger partial charge in [0, 0.05) is 12.8 Å². The predicted octanol–water partition coefficient (Wildman–Crippen LogP) is 9.09. The summed E-state index contributed by atoms with van der Waals surface area (Å²) < 4.78 is 5.91. The van der Waals surface area contributed by atoms with E-state index < -0.39 is 5.97 Å². The summed E-state index contributed by atoms with van der Waals surface area (Å²) in [5.74, 6) is -0.698. The van der Waals surface area contributed by atoms with Gasteiger partial charge in [0.05, 0.1) is 0 Å². The van der Waals surface area contributed by atoms with Crippen LogP contribution in [-0.2, 0) is 14.3 Å². The fraction of sp³-hybridized carbons (Fsp3) is 0.875. The smallest absolute Gasteiger partial charge is 0.306 e. The highest BCUT2D eigenvalue weighted by molar-refractivity contribution is 5.69. The molecule has 0 spiro atoms. The molecule has 0 aliphatic rings. The fourth-order valence-electron chi connectivity index (χ4n) is 4.67. The van der Waals surface area contributed by atoms with Crippen LogP contribution >= 0.6 is 0 Å². The minimum Gasteiger partial charge on any atom is -0.481 e. The maximum Gasteiger partial charge on any atom is 0.306 e. The van der Waals surface area contributed by atoms with Crippen molar-refractivity contribution < 1.29 is 19.4 Å². The zero-order chi connectivity index (χ0) is 27.4. The molecule has 5 heteroatoms. The minimum absolute atomic E-state index is 0.0110. The summed E-state index contributed by atoms with van der Waals surface area (Å²) in [6.07, 6.45) is 30.1. The van der Waals surface area contributed by atoms with Gasteiger partial charge in [0.15, 0.2) is 0 Å². The summed E-state index contributed by atoms with van der Waals surface area (Å²) in [4.78, 5) is 24.9. The van der Waals surface area contributed by atoms with E-state index in [1.54, 1.807) is 0 Å². The Balaban J connectivity index is 3.91. The Hall–Kier alpha value is -1.36. The van der Waals surface area contributed by atoms with Crippen LogP contribution in [0.4, 0.5) is 0 Å². The molecule has 0 aliphatic carbocycles. The van der Waals surface area contributed by atoms with Crippen molar-refractivity contribution in [3.05, 3.63) is 12.2 Å². The third-order valence-electron chi connectivity index (χ3n) is 6.99. The predicted molar refractivity (Wildman–Crippen MR) is 157 cm³/mol. The molecular formula is C32H61NO4. The molecule has 0 aromatic heterocycles. The number of carboxylic acids is 1. The van der Waals surface area contributed by atoms with E-state index in [2.05, 4.69) is 24.0 Å². The lowest BCUT2D eigenvalue weighted by Crippen LogP contribution is -2.20. The van der Waals surface area contributed by atoms with E-state index in [1.807, 2.05) is 14.1 Å². The Morgan fingerprint density at radius 1 is 0.676 bits per heavy atom. The molecule has 0 aromatic rings. The number of hydrogen-bond acceptors (Lipinski definition) is 4. The Bertz CT molecular complexity index is 547. The van der Waals surface area contributed by atoms with Crippen LogP contribution in [0.3, 0.4) is 0 Å². The normalized spacial score (nSPS) is 12.4. The van der Waals surface area contributed by atoms with Crippen LogP contribution in [0.5, 0.6) is 0 Å². The van der Waals surface area contributed by atoms with E-state index in [0.717, 1.165) is 64.3 Å². The zero-order valence-electron chi connectivity index (χ0n) is 24.8. The number of nitrogens with zero attached hydrogens (tertiary/aromatic N) is 1. The topological polar surface area (TPSA) is 66.8 Å². The molecule has 0 aromatic carbocycles. The average molecular weight is 524 g/mol. The lowest BCUT2D eigenvalue weighted by Gasteiger charge is -2.18. The van der Waals surface area contributed by atoms with Gasteiger partial charge < -0.3 is 14.7 Å². The maximum absolute atomic E-state index is 12.3. The molecule has 0 amide bonds. The molecule has 0 heterocycles. The van der Waals surface area contributed by atoms with E-state index in [-0.39, 0.29) is 12.1 Å². The van der Waals surface area contributed by atoms with Crippen LogP contribution < -0.4 is 0 Å². The van der Waals surface area contributed by atoms with Crippen molar-refractivity contribution in [3.8, 4) is 0 Å². The lowest BCUT2D eigenvalue weighted by molar-refractivity contribution is -0.150. The monoisotopic (exact) mass is 523 g/mol. The number of aliphatic carboxylic acids is 1. The minimum atomic E-state index is -0.687. The van der Waals surface area contributed by atoms with Crippen molar-refractivity contribution in [2.75, 3.05) is 20.6 Å². The quantitative estimate of drug-likeness (QED) is 0.0629. The van der Waals surface area contributed by atoms with Gasteiger partial charge in [0.25, 0.3) is 0 Å². The molecule has 5 nitrogen and oxygen atoms in total. The first-order valence-corrected chi connectivity index (χ1v) is 15.7. The fourth-order valence-corrected chi connectivity index (χ4v) is 4.67. The number of carbonyl (C=O) groups excluding carboxylic acids is 1. The summed E-state index contributed by atoms with van der Waals surface area (Å²) in [5, 5.41) is 8.63. The van der Waals surface area contributed by atoms with Crippen molar-refractivity contribution in [2.24, 2.45) is 0 Å². The number of carbonyl (C=O) groups is 2. The maximum atomic E-state index is 12.3. The molecule has 1 atom stereocenters. The number of hydrogen-bond donors (Lipinski definition) is 1. The average Bonchev–Trinajstić information content (AvgIpc) is 2.85. The summed E-state index contributed by atoms with van der Waals surface area (Å²) in [6.45, 7) is 3.19. The summed E-state index contributed by atoms with van der Waals surface area (Å²) in [7, 11) is 4.09. The summed E-state index contributed by atoms with van der Waals surface area (Å²) >= 11 is 0. The Labute approximate surface area is 229 Å². The number of unbranched alkanes of at least 4 members (excludes halogenated alkanes) is 15. The van der Waals surface area contributed by atoms with Gasteiger partial charge in [0.2, 0.25) is 0 Å². The van der Waals surface area contributed by atoms with E-state index in [0.29, 0.717) is 12.8 Å². The van der Waals surface area contributed by atoms with Crippen molar-refractivity contribution in [1.82, 2.24) is 4.90 Å². The van der Waals surface area contributed by atoms with Crippen LogP contribution in [0, 0.1) is 0 Å². The zero-order valence-corrected chi connectivity index (χ0v) is 24.8. The second kappa shape index (κ2) is 27.7. The highest BCUT2D eigenvalue weighted by atomic mass is 16.5. The molecule has 0 fully saturated rings. The molecule has 218 valence electrons. The Morgan fingerprint density at radius 3 is 1.68 bits per heavy atom. The third kappa shape index (κ3) is 29.1. The molecule has 0 bridgehead atoms. The molecular weight excluding hydrogens is 462 g/mol. The summed E-state index contributed by atoms with van der Waals surface area (Å²) in [5.41, 5.74) is 0. The first-order valence-electron chi connectivity index (χ1n) is 15.7. The first-order chi connectivity index (χ1) is 18.0. The van der Waals surface area contributed by atoms with E-state index in [4.69, 9.17) is 9.84 Å². The lowest BCUT2D eigenvalue weighted by atomic mass is 10.0.